The first kappa shape index (κ1) is 17.2. The topological polar surface area (TPSA) is 40.9 Å². The number of anilines is 1. The molecular formula is C20H15F3N4. The lowest BCUT2D eigenvalue weighted by atomic mass is 10.2. The molecule has 1 aliphatic heterocycles. The second-order valence-electron chi connectivity index (χ2n) is 6.16. The molecule has 0 bridgehead atoms. The summed E-state index contributed by atoms with van der Waals surface area (Å²) >= 11 is 0. The summed E-state index contributed by atoms with van der Waals surface area (Å²) in [5.41, 5.74) is 1.47. The fourth-order valence-electron chi connectivity index (χ4n) is 2.87. The minimum absolute atomic E-state index is 0.405. The number of benzene rings is 2. The molecule has 4 nitrogen and oxygen atoms in total. The number of nitrogens with zero attached hydrogens (tertiary/aromatic N) is 4. The first-order valence-corrected chi connectivity index (χ1v) is 8.40. The maximum Gasteiger partial charge on any atom is 0.416 e. The van der Waals surface area contributed by atoms with Crippen molar-refractivity contribution in [2.75, 3.05) is 11.6 Å². The minimum Gasteiger partial charge on any atom is -0.263 e. The molecule has 0 unspecified atom stereocenters. The van der Waals surface area contributed by atoms with E-state index in [1.165, 1.54) is 6.07 Å². The smallest absolute Gasteiger partial charge is 0.263 e. The van der Waals surface area contributed by atoms with Crippen LogP contribution in [0.1, 0.15) is 17.5 Å². The van der Waals surface area contributed by atoms with Crippen LogP contribution in [0.2, 0.25) is 0 Å². The van der Waals surface area contributed by atoms with Gasteiger partial charge >= 0.3 is 6.18 Å². The first-order valence-electron chi connectivity index (χ1n) is 8.40. The van der Waals surface area contributed by atoms with Crippen molar-refractivity contribution in [2.24, 2.45) is 10.1 Å². The van der Waals surface area contributed by atoms with Crippen LogP contribution in [0.5, 0.6) is 0 Å². The first-order chi connectivity index (χ1) is 13.0. The Morgan fingerprint density at radius 2 is 1.89 bits per heavy atom. The molecule has 0 N–H and O–H groups in total. The summed E-state index contributed by atoms with van der Waals surface area (Å²) in [4.78, 5) is 8.74. The van der Waals surface area contributed by atoms with Gasteiger partial charge in [0.15, 0.2) is 5.84 Å². The predicted octanol–water partition coefficient (Wildman–Crippen LogP) is 4.90. The highest BCUT2D eigenvalue weighted by Crippen LogP contribution is 2.32. The lowest BCUT2D eigenvalue weighted by molar-refractivity contribution is -0.137. The van der Waals surface area contributed by atoms with Crippen molar-refractivity contribution in [1.29, 1.82) is 0 Å². The van der Waals surface area contributed by atoms with Gasteiger partial charge in [-0.25, -0.2) is 4.99 Å². The van der Waals surface area contributed by atoms with E-state index in [2.05, 4.69) is 15.1 Å². The van der Waals surface area contributed by atoms with E-state index in [0.717, 1.165) is 28.6 Å². The van der Waals surface area contributed by atoms with Crippen LogP contribution in [0.25, 0.3) is 10.9 Å². The van der Waals surface area contributed by atoms with Crippen LogP contribution in [0, 0.1) is 0 Å². The SMILES string of the molecule is FC(F)(F)c1cccc(N2CCC(/N=C/c3cnc4ccccc4c3)=N2)c1. The van der Waals surface area contributed by atoms with Gasteiger partial charge in [-0.05, 0) is 30.3 Å². The molecule has 7 heteroatoms. The molecule has 0 aliphatic carbocycles. The fourth-order valence-corrected chi connectivity index (χ4v) is 2.87. The Bertz CT molecular complexity index is 1040. The average molecular weight is 368 g/mol. The molecule has 136 valence electrons. The normalized spacial score (nSPS) is 14.9. The number of halogens is 3. The van der Waals surface area contributed by atoms with Crippen LogP contribution in [0.4, 0.5) is 18.9 Å². The summed E-state index contributed by atoms with van der Waals surface area (Å²) < 4.78 is 38.6. The molecule has 1 aromatic heterocycles. The van der Waals surface area contributed by atoms with Crippen LogP contribution < -0.4 is 5.01 Å². The van der Waals surface area contributed by atoms with Gasteiger partial charge in [-0.15, -0.1) is 0 Å². The number of aromatic nitrogens is 1. The molecular weight excluding hydrogens is 353 g/mol. The highest BCUT2D eigenvalue weighted by atomic mass is 19.4. The molecule has 2 heterocycles. The number of para-hydroxylation sites is 1. The van der Waals surface area contributed by atoms with Crippen molar-refractivity contribution < 1.29 is 13.2 Å². The Labute approximate surface area is 153 Å². The number of hydrogen-bond donors (Lipinski definition) is 0. The number of hydrazone groups is 1. The van der Waals surface area contributed by atoms with Gasteiger partial charge in [-0.1, -0.05) is 24.3 Å². The molecule has 0 atom stereocenters. The quantitative estimate of drug-likeness (QED) is 0.604. The van der Waals surface area contributed by atoms with Gasteiger partial charge in [0.2, 0.25) is 0 Å². The third-order valence-electron chi connectivity index (χ3n) is 4.23. The molecule has 0 spiro atoms. The minimum atomic E-state index is -4.37. The van der Waals surface area contributed by atoms with Crippen LogP contribution in [-0.2, 0) is 6.18 Å². The molecule has 0 saturated carbocycles. The molecule has 2 aromatic carbocycles. The second-order valence-corrected chi connectivity index (χ2v) is 6.16. The maximum absolute atomic E-state index is 12.9. The number of amidine groups is 1. The van der Waals surface area contributed by atoms with E-state index < -0.39 is 11.7 Å². The van der Waals surface area contributed by atoms with E-state index >= 15 is 0 Å². The van der Waals surface area contributed by atoms with Crippen molar-refractivity contribution in [2.45, 2.75) is 12.6 Å². The molecule has 27 heavy (non-hydrogen) atoms. The summed E-state index contributed by atoms with van der Waals surface area (Å²) in [6.45, 7) is 0.490. The number of hydrogen-bond acceptors (Lipinski definition) is 4. The summed E-state index contributed by atoms with van der Waals surface area (Å²) in [6.07, 6.45) is -0.406. The van der Waals surface area contributed by atoms with Crippen molar-refractivity contribution in [3.8, 4) is 0 Å². The number of alkyl halides is 3. The zero-order valence-corrected chi connectivity index (χ0v) is 14.2. The van der Waals surface area contributed by atoms with Gasteiger partial charge in [0.1, 0.15) is 0 Å². The van der Waals surface area contributed by atoms with Crippen molar-refractivity contribution >= 4 is 28.6 Å². The highest BCUT2D eigenvalue weighted by molar-refractivity contribution is 5.97. The Morgan fingerprint density at radius 1 is 1.04 bits per heavy atom. The molecule has 0 radical (unpaired) electrons. The fraction of sp³-hybridized carbons (Fsp3) is 0.150. The van der Waals surface area contributed by atoms with E-state index in [1.807, 2.05) is 30.3 Å². The molecule has 1 aliphatic rings. The van der Waals surface area contributed by atoms with Crippen molar-refractivity contribution in [1.82, 2.24) is 4.98 Å². The zero-order chi connectivity index (χ0) is 18.9. The van der Waals surface area contributed by atoms with Gasteiger partial charge in [-0.3, -0.25) is 9.99 Å². The zero-order valence-electron chi connectivity index (χ0n) is 14.2. The molecule has 0 fully saturated rings. The van der Waals surface area contributed by atoms with E-state index in [9.17, 15) is 13.2 Å². The van der Waals surface area contributed by atoms with E-state index in [1.54, 1.807) is 23.5 Å². The second kappa shape index (κ2) is 6.83. The van der Waals surface area contributed by atoms with E-state index in [-0.39, 0.29) is 0 Å². The number of rotatable bonds is 2. The van der Waals surface area contributed by atoms with Gasteiger partial charge in [0, 0.05) is 36.3 Å². The van der Waals surface area contributed by atoms with Crippen molar-refractivity contribution in [3.05, 3.63) is 71.9 Å². The predicted molar refractivity (Wildman–Crippen MR) is 100 cm³/mol. The monoisotopic (exact) mass is 368 g/mol. The summed E-state index contributed by atoms with van der Waals surface area (Å²) in [5, 5.41) is 6.88. The standard InChI is InChI=1S/C20H15F3N4/c21-20(22,23)16-5-3-6-17(11-16)27-9-8-19(26-27)25-13-14-10-15-4-1-2-7-18(15)24-12-14/h1-7,10-13H,8-9H2/b25-13+. The highest BCUT2D eigenvalue weighted by Gasteiger charge is 2.31. The number of aliphatic imine (C=N–C) groups is 1. The Hall–Kier alpha value is -3.22. The largest absolute Gasteiger partial charge is 0.416 e. The molecule has 3 aromatic rings. The van der Waals surface area contributed by atoms with Gasteiger partial charge in [0.25, 0.3) is 0 Å². The average Bonchev–Trinajstić information content (AvgIpc) is 3.15. The van der Waals surface area contributed by atoms with Gasteiger partial charge in [0.05, 0.1) is 16.8 Å². The summed E-state index contributed by atoms with van der Waals surface area (Å²) in [5.74, 6) is 0.570. The van der Waals surface area contributed by atoms with E-state index in [0.29, 0.717) is 24.5 Å². The Balaban J connectivity index is 1.53. The van der Waals surface area contributed by atoms with Crippen molar-refractivity contribution in [3.63, 3.8) is 0 Å². The lowest BCUT2D eigenvalue weighted by Gasteiger charge is -2.15. The lowest BCUT2D eigenvalue weighted by Crippen LogP contribution is -2.13. The number of fused-ring (bicyclic) bond motifs is 1. The summed E-state index contributed by atoms with van der Waals surface area (Å²) in [7, 11) is 0. The van der Waals surface area contributed by atoms with Crippen LogP contribution in [-0.4, -0.2) is 23.6 Å². The molecule has 0 saturated heterocycles. The van der Waals surface area contributed by atoms with Crippen LogP contribution >= 0.6 is 0 Å². The molecule has 4 rings (SSSR count). The van der Waals surface area contributed by atoms with E-state index in [4.69, 9.17) is 0 Å². The number of pyridine rings is 1. The Kier molecular flexibility index (Phi) is 4.35. The van der Waals surface area contributed by atoms with Crippen LogP contribution in [0.3, 0.4) is 0 Å². The Morgan fingerprint density at radius 3 is 2.74 bits per heavy atom. The summed E-state index contributed by atoms with van der Waals surface area (Å²) in [6, 6.07) is 14.9. The maximum atomic E-state index is 12.9. The third-order valence-corrected chi connectivity index (χ3v) is 4.23. The van der Waals surface area contributed by atoms with Crippen LogP contribution in [0.15, 0.2) is 70.9 Å². The third kappa shape index (κ3) is 3.81. The molecule has 0 amide bonds. The van der Waals surface area contributed by atoms with Gasteiger partial charge in [-0.2, -0.15) is 18.3 Å². The van der Waals surface area contributed by atoms with Gasteiger partial charge < -0.3 is 0 Å².